The minimum Gasteiger partial charge on any atom is -0.504 e. The highest BCUT2D eigenvalue weighted by atomic mass is 16.5. The number of benzene rings is 1. The number of aldehydes is 1. The summed E-state index contributed by atoms with van der Waals surface area (Å²) in [6.45, 7) is 0. The van der Waals surface area contributed by atoms with Crippen molar-refractivity contribution in [3.8, 4) is 17.2 Å². The second-order valence-corrected chi connectivity index (χ2v) is 2.89. The molecular formula is C11H13O4. The summed E-state index contributed by atoms with van der Waals surface area (Å²) >= 11 is 0. The van der Waals surface area contributed by atoms with Gasteiger partial charge in [-0.05, 0) is 18.1 Å². The Balaban J connectivity index is 3.10. The monoisotopic (exact) mass is 209 g/mol. The molecule has 1 N–H and O–H groups in total. The van der Waals surface area contributed by atoms with Crippen molar-refractivity contribution < 1.29 is 19.4 Å². The van der Waals surface area contributed by atoms with Crippen LogP contribution in [0, 0.1) is 6.42 Å². The van der Waals surface area contributed by atoms with Crippen molar-refractivity contribution in [3.05, 3.63) is 24.1 Å². The number of methoxy groups -OCH3 is 2. The fourth-order valence-electron chi connectivity index (χ4n) is 1.35. The minimum atomic E-state index is 0.0178. The van der Waals surface area contributed by atoms with E-state index in [1.807, 2.05) is 0 Å². The third-order valence-corrected chi connectivity index (χ3v) is 2.02. The normalized spacial score (nSPS) is 9.73. The van der Waals surface area contributed by atoms with Crippen LogP contribution in [0.4, 0.5) is 0 Å². The van der Waals surface area contributed by atoms with E-state index in [0.29, 0.717) is 12.2 Å². The molecule has 0 aliphatic rings. The highest BCUT2D eigenvalue weighted by Crippen LogP contribution is 2.39. The van der Waals surface area contributed by atoms with Gasteiger partial charge in [-0.3, -0.25) is 0 Å². The van der Waals surface area contributed by atoms with E-state index in [9.17, 15) is 9.90 Å². The summed E-state index contributed by atoms with van der Waals surface area (Å²) in [4.78, 5) is 10.2. The van der Waals surface area contributed by atoms with E-state index in [4.69, 9.17) is 9.47 Å². The maximum atomic E-state index is 10.2. The van der Waals surface area contributed by atoms with Crippen LogP contribution in [0.15, 0.2) is 12.1 Å². The first-order valence-corrected chi connectivity index (χ1v) is 4.44. The quantitative estimate of drug-likeness (QED) is 0.744. The molecule has 15 heavy (non-hydrogen) atoms. The van der Waals surface area contributed by atoms with Crippen LogP contribution in [0.2, 0.25) is 0 Å². The van der Waals surface area contributed by atoms with Gasteiger partial charge in [0.2, 0.25) is 5.75 Å². The predicted molar refractivity (Wildman–Crippen MR) is 55.3 cm³/mol. The van der Waals surface area contributed by atoms with E-state index in [1.54, 1.807) is 6.07 Å². The maximum absolute atomic E-state index is 10.2. The molecule has 1 rings (SSSR count). The number of hydrogen-bond donors (Lipinski definition) is 1. The van der Waals surface area contributed by atoms with Crippen LogP contribution in [-0.2, 0) is 11.2 Å². The summed E-state index contributed by atoms with van der Waals surface area (Å²) in [7, 11) is 2.94. The molecule has 1 aromatic carbocycles. The molecule has 0 heterocycles. The molecule has 0 aliphatic carbocycles. The first kappa shape index (κ1) is 11.4. The zero-order valence-corrected chi connectivity index (χ0v) is 8.69. The van der Waals surface area contributed by atoms with E-state index in [0.717, 1.165) is 11.8 Å². The smallest absolute Gasteiger partial charge is 0.203 e. The summed E-state index contributed by atoms with van der Waals surface area (Å²) in [5, 5.41) is 9.49. The Labute approximate surface area is 88.4 Å². The molecule has 1 radical (unpaired) electrons. The molecule has 4 heteroatoms. The minimum absolute atomic E-state index is 0.0178. The molecule has 0 bridgehead atoms. The molecule has 0 fully saturated rings. The molecule has 0 saturated carbocycles. The van der Waals surface area contributed by atoms with Crippen molar-refractivity contribution in [2.75, 3.05) is 14.2 Å². The Hall–Kier alpha value is -1.71. The number of phenols is 1. The average Bonchev–Trinajstić information content (AvgIpc) is 2.26. The third-order valence-electron chi connectivity index (χ3n) is 2.02. The zero-order valence-electron chi connectivity index (χ0n) is 8.69. The summed E-state index contributed by atoms with van der Waals surface area (Å²) in [6, 6.07) is 3.20. The van der Waals surface area contributed by atoms with E-state index in [2.05, 4.69) is 0 Å². The predicted octanol–water partition coefficient (Wildman–Crippen LogP) is 1.36. The number of rotatable bonds is 5. The summed E-state index contributed by atoms with van der Waals surface area (Å²) in [6.07, 6.45) is 2.64. The van der Waals surface area contributed by atoms with E-state index < -0.39 is 0 Å². The van der Waals surface area contributed by atoms with Gasteiger partial charge in [-0.25, -0.2) is 0 Å². The summed E-state index contributed by atoms with van der Waals surface area (Å²) in [5.74, 6) is 0.758. The van der Waals surface area contributed by atoms with Crippen LogP contribution in [0.25, 0.3) is 0 Å². The second kappa shape index (κ2) is 5.24. The van der Waals surface area contributed by atoms with Crippen molar-refractivity contribution in [1.82, 2.24) is 0 Å². The SMILES string of the molecule is COc1c(O)ccc(C[CH]C=O)c1OC. The van der Waals surface area contributed by atoms with Gasteiger partial charge in [0.1, 0.15) is 6.29 Å². The van der Waals surface area contributed by atoms with Gasteiger partial charge in [0, 0.05) is 6.42 Å². The van der Waals surface area contributed by atoms with E-state index >= 15 is 0 Å². The lowest BCUT2D eigenvalue weighted by Crippen LogP contribution is -1.97. The third kappa shape index (κ3) is 2.40. The van der Waals surface area contributed by atoms with Gasteiger partial charge in [0.05, 0.1) is 14.2 Å². The number of carbonyl (C=O) groups is 1. The molecule has 0 aliphatic heterocycles. The van der Waals surface area contributed by atoms with Gasteiger partial charge in [-0.15, -0.1) is 0 Å². The van der Waals surface area contributed by atoms with Crippen LogP contribution < -0.4 is 9.47 Å². The Morgan fingerprint density at radius 1 is 1.27 bits per heavy atom. The highest BCUT2D eigenvalue weighted by Gasteiger charge is 2.13. The van der Waals surface area contributed by atoms with Crippen LogP contribution in [0.1, 0.15) is 5.56 Å². The standard InChI is InChI=1S/C11H13O4/c1-14-10-8(4-3-7-12)5-6-9(13)11(10)15-2/h3,5-7,13H,4H2,1-2H3. The molecule has 0 amide bonds. The van der Waals surface area contributed by atoms with Gasteiger partial charge in [0.25, 0.3) is 0 Å². The first-order valence-electron chi connectivity index (χ1n) is 4.44. The average molecular weight is 209 g/mol. The number of phenolic OH excluding ortho intramolecular Hbond substituents is 1. The van der Waals surface area contributed by atoms with Crippen molar-refractivity contribution >= 4 is 6.29 Å². The van der Waals surface area contributed by atoms with Gasteiger partial charge in [-0.1, -0.05) is 6.07 Å². The molecule has 1 aromatic rings. The number of hydrogen-bond acceptors (Lipinski definition) is 4. The Bertz CT molecular complexity index is 347. The van der Waals surface area contributed by atoms with Crippen LogP contribution in [0.5, 0.6) is 17.2 Å². The maximum Gasteiger partial charge on any atom is 0.203 e. The Morgan fingerprint density at radius 3 is 2.47 bits per heavy atom. The first-order chi connectivity index (χ1) is 7.24. The second-order valence-electron chi connectivity index (χ2n) is 2.89. The van der Waals surface area contributed by atoms with Crippen molar-refractivity contribution in [2.45, 2.75) is 6.42 Å². The summed E-state index contributed by atoms with van der Waals surface area (Å²) in [5.41, 5.74) is 0.791. The number of ether oxygens (including phenoxy) is 2. The van der Waals surface area contributed by atoms with Crippen LogP contribution in [0.3, 0.4) is 0 Å². The lowest BCUT2D eigenvalue weighted by molar-refractivity contribution is -0.105. The number of carbonyl (C=O) groups excluding carboxylic acids is 1. The lowest BCUT2D eigenvalue weighted by Gasteiger charge is -2.12. The largest absolute Gasteiger partial charge is 0.504 e. The van der Waals surface area contributed by atoms with Crippen molar-refractivity contribution in [1.29, 1.82) is 0 Å². The molecule has 0 atom stereocenters. The molecular weight excluding hydrogens is 196 g/mol. The zero-order chi connectivity index (χ0) is 11.3. The topological polar surface area (TPSA) is 55.8 Å². The van der Waals surface area contributed by atoms with Gasteiger partial charge in [0.15, 0.2) is 11.5 Å². The van der Waals surface area contributed by atoms with Gasteiger partial charge in [-0.2, -0.15) is 0 Å². The van der Waals surface area contributed by atoms with Crippen LogP contribution in [-0.4, -0.2) is 25.6 Å². The highest BCUT2D eigenvalue weighted by molar-refractivity contribution is 5.63. The van der Waals surface area contributed by atoms with E-state index in [-0.39, 0.29) is 11.5 Å². The van der Waals surface area contributed by atoms with Crippen LogP contribution >= 0.6 is 0 Å². The molecule has 4 nitrogen and oxygen atoms in total. The van der Waals surface area contributed by atoms with Gasteiger partial charge < -0.3 is 19.4 Å². The fraction of sp³-hybridized carbons (Fsp3) is 0.273. The molecule has 0 saturated heterocycles. The molecule has 81 valence electrons. The molecule has 0 aromatic heterocycles. The molecule has 0 spiro atoms. The lowest BCUT2D eigenvalue weighted by atomic mass is 10.1. The fourth-order valence-corrected chi connectivity index (χ4v) is 1.35. The number of aromatic hydroxyl groups is 1. The Morgan fingerprint density at radius 2 is 1.93 bits per heavy atom. The summed E-state index contributed by atoms with van der Waals surface area (Å²) < 4.78 is 10.1. The van der Waals surface area contributed by atoms with E-state index in [1.165, 1.54) is 26.7 Å². The van der Waals surface area contributed by atoms with Gasteiger partial charge >= 0.3 is 0 Å². The van der Waals surface area contributed by atoms with Crippen molar-refractivity contribution in [3.63, 3.8) is 0 Å². The Kier molecular flexibility index (Phi) is 3.97. The van der Waals surface area contributed by atoms with Crippen molar-refractivity contribution in [2.24, 2.45) is 0 Å². The molecule has 0 unspecified atom stereocenters.